The van der Waals surface area contributed by atoms with Gasteiger partial charge in [0, 0.05) is 5.75 Å². The average molecular weight is 539 g/mol. The summed E-state index contributed by atoms with van der Waals surface area (Å²) in [7, 11) is 0. The van der Waals surface area contributed by atoms with Gasteiger partial charge < -0.3 is 15.3 Å². The number of aliphatic carboxylic acids is 1. The van der Waals surface area contributed by atoms with E-state index in [1.165, 1.54) is 30.5 Å². The summed E-state index contributed by atoms with van der Waals surface area (Å²) in [5, 5.41) is 28.2. The minimum absolute atomic E-state index is 0.0868. The Labute approximate surface area is 227 Å². The Balaban J connectivity index is 1.59. The molecular weight excluding hydrogens is 503 g/mol. The summed E-state index contributed by atoms with van der Waals surface area (Å²) in [6, 6.07) is 21.7. The summed E-state index contributed by atoms with van der Waals surface area (Å²) in [6.07, 6.45) is 5.03. The minimum Gasteiger partial charge on any atom is -0.479 e. The molecule has 3 aromatic carbocycles. The molecule has 0 radical (unpaired) electrons. The van der Waals surface area contributed by atoms with Crippen molar-refractivity contribution in [2.24, 2.45) is 0 Å². The Hall–Kier alpha value is -3.16. The molecule has 0 saturated heterocycles. The van der Waals surface area contributed by atoms with Crippen LogP contribution in [0.15, 0.2) is 72.8 Å². The van der Waals surface area contributed by atoms with E-state index in [4.69, 9.17) is 5.11 Å². The van der Waals surface area contributed by atoms with Gasteiger partial charge in [0.1, 0.15) is 5.82 Å². The third-order valence-corrected chi connectivity index (χ3v) is 8.13. The summed E-state index contributed by atoms with van der Waals surface area (Å²) in [4.78, 5) is 22.7. The topological polar surface area (TPSA) is 94.8 Å². The SMILES string of the molecule is CC(CCCCCCc1ccccc1)c1cccc(C(SCc2ccc(C(=O)O)cc2F)C(O)C(=O)O)c1. The average Bonchev–Trinajstić information content (AvgIpc) is 2.91. The molecule has 0 saturated carbocycles. The molecule has 5 nitrogen and oxygen atoms in total. The molecule has 3 atom stereocenters. The first kappa shape index (κ1) is 29.4. The number of carboxylic acid groups (broad SMARTS) is 2. The molecular formula is C31H35FO5S. The smallest absolute Gasteiger partial charge is 0.335 e. The molecule has 3 N–H and O–H groups in total. The molecule has 0 bridgehead atoms. The predicted molar refractivity (Wildman–Crippen MR) is 149 cm³/mol. The van der Waals surface area contributed by atoms with E-state index < -0.39 is 29.1 Å². The Morgan fingerprint density at radius 2 is 1.58 bits per heavy atom. The summed E-state index contributed by atoms with van der Waals surface area (Å²) in [6.45, 7) is 2.15. The molecule has 0 aromatic heterocycles. The maximum Gasteiger partial charge on any atom is 0.335 e. The van der Waals surface area contributed by atoms with Crippen LogP contribution >= 0.6 is 11.8 Å². The van der Waals surface area contributed by atoms with Gasteiger partial charge in [-0.05, 0) is 59.6 Å². The molecule has 0 amide bonds. The molecule has 3 unspecified atom stereocenters. The fraction of sp³-hybridized carbons (Fsp3) is 0.355. The lowest BCUT2D eigenvalue weighted by Crippen LogP contribution is -2.26. The Kier molecular flexibility index (Phi) is 11.4. The minimum atomic E-state index is -1.67. The van der Waals surface area contributed by atoms with Crippen molar-refractivity contribution in [3.63, 3.8) is 0 Å². The van der Waals surface area contributed by atoms with E-state index in [0.29, 0.717) is 5.56 Å². The zero-order chi connectivity index (χ0) is 27.5. The van der Waals surface area contributed by atoms with Crippen LogP contribution in [0.5, 0.6) is 0 Å². The maximum atomic E-state index is 14.4. The van der Waals surface area contributed by atoms with Crippen LogP contribution < -0.4 is 0 Å². The molecule has 0 fully saturated rings. The standard InChI is InChI=1S/C31H35FO5S/c1-21(10-5-2-3-6-11-22-12-7-4-8-13-22)23-14-9-15-24(18-23)29(28(33)31(36)37)38-20-26-17-16-25(30(34)35)19-27(26)32/h4,7-9,12-19,21,28-29,33H,2-3,5-6,10-11,20H2,1H3,(H,34,35)(H,36,37). The van der Waals surface area contributed by atoms with Crippen LogP contribution in [0, 0.1) is 5.82 Å². The number of aryl methyl sites for hydroxylation is 1. The first-order chi connectivity index (χ1) is 18.3. The van der Waals surface area contributed by atoms with Crippen LogP contribution in [0.25, 0.3) is 0 Å². The van der Waals surface area contributed by atoms with Gasteiger partial charge in [0.05, 0.1) is 10.8 Å². The van der Waals surface area contributed by atoms with E-state index in [1.54, 1.807) is 6.07 Å². The van der Waals surface area contributed by atoms with Gasteiger partial charge in [0.2, 0.25) is 0 Å². The van der Waals surface area contributed by atoms with Crippen LogP contribution in [-0.4, -0.2) is 33.4 Å². The quantitative estimate of drug-likeness (QED) is 0.177. The van der Waals surface area contributed by atoms with Gasteiger partial charge in [-0.3, -0.25) is 0 Å². The number of benzene rings is 3. The second kappa shape index (κ2) is 14.7. The molecule has 0 aliphatic carbocycles. The number of rotatable bonds is 15. The van der Waals surface area contributed by atoms with Gasteiger partial charge in [-0.15, -0.1) is 11.8 Å². The molecule has 202 valence electrons. The van der Waals surface area contributed by atoms with E-state index in [0.717, 1.165) is 49.1 Å². The highest BCUT2D eigenvalue weighted by Gasteiger charge is 2.28. The largest absolute Gasteiger partial charge is 0.479 e. The van der Waals surface area contributed by atoms with Crippen LogP contribution in [0.4, 0.5) is 4.39 Å². The van der Waals surface area contributed by atoms with Gasteiger partial charge >= 0.3 is 11.9 Å². The highest BCUT2D eigenvalue weighted by molar-refractivity contribution is 7.98. The highest BCUT2D eigenvalue weighted by Crippen LogP contribution is 2.37. The highest BCUT2D eigenvalue weighted by atomic mass is 32.2. The Morgan fingerprint density at radius 1 is 0.868 bits per heavy atom. The number of unbranched alkanes of at least 4 members (excludes halogenated alkanes) is 3. The third-order valence-electron chi connectivity index (χ3n) is 6.76. The van der Waals surface area contributed by atoms with Crippen molar-refractivity contribution >= 4 is 23.7 Å². The molecule has 7 heteroatoms. The molecule has 0 heterocycles. The van der Waals surface area contributed by atoms with Crippen LogP contribution in [0.1, 0.15) is 82.8 Å². The zero-order valence-electron chi connectivity index (χ0n) is 21.6. The second-order valence-corrected chi connectivity index (χ2v) is 10.8. The van der Waals surface area contributed by atoms with E-state index >= 15 is 0 Å². The number of halogens is 1. The van der Waals surface area contributed by atoms with E-state index in [-0.39, 0.29) is 22.8 Å². The first-order valence-corrected chi connectivity index (χ1v) is 14.0. The number of aromatic carboxylic acids is 1. The van der Waals surface area contributed by atoms with Crippen molar-refractivity contribution < 1.29 is 29.3 Å². The molecule has 0 aliphatic heterocycles. The summed E-state index contributed by atoms with van der Waals surface area (Å²) in [5.41, 5.74) is 3.20. The zero-order valence-corrected chi connectivity index (χ0v) is 22.4. The van der Waals surface area contributed by atoms with Crippen LogP contribution in [-0.2, 0) is 17.0 Å². The van der Waals surface area contributed by atoms with Gasteiger partial charge in [0.15, 0.2) is 6.10 Å². The van der Waals surface area contributed by atoms with Gasteiger partial charge in [0.25, 0.3) is 0 Å². The van der Waals surface area contributed by atoms with Crippen molar-refractivity contribution in [3.05, 3.63) is 106 Å². The number of carbonyl (C=O) groups is 2. The molecule has 0 spiro atoms. The van der Waals surface area contributed by atoms with Crippen molar-refractivity contribution in [2.75, 3.05) is 0 Å². The lowest BCUT2D eigenvalue weighted by Gasteiger charge is -2.22. The molecule has 38 heavy (non-hydrogen) atoms. The summed E-state index contributed by atoms with van der Waals surface area (Å²) < 4.78 is 14.4. The normalized spacial score (nSPS) is 13.6. The summed E-state index contributed by atoms with van der Waals surface area (Å²) in [5.74, 6) is -2.88. The summed E-state index contributed by atoms with van der Waals surface area (Å²) >= 11 is 1.12. The lowest BCUT2D eigenvalue weighted by atomic mass is 9.92. The fourth-order valence-corrected chi connectivity index (χ4v) is 5.69. The fourth-order valence-electron chi connectivity index (χ4n) is 4.46. The second-order valence-electron chi connectivity index (χ2n) is 9.64. The first-order valence-electron chi connectivity index (χ1n) is 12.9. The van der Waals surface area contributed by atoms with E-state index in [9.17, 15) is 24.2 Å². The number of carboxylic acids is 2. The number of hydrogen-bond donors (Lipinski definition) is 3. The predicted octanol–water partition coefficient (Wildman–Crippen LogP) is 7.24. The molecule has 3 aromatic rings. The Bertz CT molecular complexity index is 1200. The van der Waals surface area contributed by atoms with Crippen LogP contribution in [0.2, 0.25) is 0 Å². The number of hydrogen-bond acceptors (Lipinski definition) is 4. The van der Waals surface area contributed by atoms with Gasteiger partial charge in [-0.25, -0.2) is 14.0 Å². The van der Waals surface area contributed by atoms with E-state index in [2.05, 4.69) is 31.2 Å². The molecule has 3 rings (SSSR count). The number of aliphatic hydroxyl groups is 1. The van der Waals surface area contributed by atoms with Gasteiger partial charge in [-0.2, -0.15) is 0 Å². The Morgan fingerprint density at radius 3 is 2.26 bits per heavy atom. The van der Waals surface area contributed by atoms with Crippen molar-refractivity contribution in [1.29, 1.82) is 0 Å². The van der Waals surface area contributed by atoms with Crippen molar-refractivity contribution in [2.45, 2.75) is 68.5 Å². The van der Waals surface area contributed by atoms with Crippen molar-refractivity contribution in [3.8, 4) is 0 Å². The molecule has 0 aliphatic rings. The van der Waals surface area contributed by atoms with Crippen molar-refractivity contribution in [1.82, 2.24) is 0 Å². The lowest BCUT2D eigenvalue weighted by molar-refractivity contribution is -0.146. The number of thioether (sulfide) groups is 1. The monoisotopic (exact) mass is 538 g/mol. The maximum absolute atomic E-state index is 14.4. The van der Waals surface area contributed by atoms with E-state index in [1.807, 2.05) is 24.3 Å². The van der Waals surface area contributed by atoms with Gasteiger partial charge in [-0.1, -0.05) is 86.8 Å². The number of aliphatic hydroxyl groups excluding tert-OH is 1. The van der Waals surface area contributed by atoms with Crippen LogP contribution in [0.3, 0.4) is 0 Å². The third kappa shape index (κ3) is 8.71.